The highest BCUT2D eigenvalue weighted by molar-refractivity contribution is 7.07. The van der Waals surface area contributed by atoms with Crippen LogP contribution in [0.1, 0.15) is 17.2 Å². The molecule has 24 heavy (non-hydrogen) atoms. The summed E-state index contributed by atoms with van der Waals surface area (Å²) < 4.78 is 14.7. The molecule has 0 saturated heterocycles. The van der Waals surface area contributed by atoms with Crippen LogP contribution in [-0.4, -0.2) is 22.4 Å². The average molecular weight is 344 g/mol. The van der Waals surface area contributed by atoms with Crippen LogP contribution in [-0.2, 0) is 6.54 Å². The first-order valence-electron chi connectivity index (χ1n) is 7.50. The number of rotatable bonds is 6. The van der Waals surface area contributed by atoms with Gasteiger partial charge in [-0.25, -0.2) is 9.18 Å². The Kier molecular flexibility index (Phi) is 5.22. The second kappa shape index (κ2) is 7.74. The van der Waals surface area contributed by atoms with Crippen molar-refractivity contribution >= 4 is 17.4 Å². The van der Waals surface area contributed by atoms with E-state index in [4.69, 9.17) is 0 Å². The van der Waals surface area contributed by atoms with E-state index in [1.54, 1.807) is 29.7 Å². The van der Waals surface area contributed by atoms with Gasteiger partial charge in [0.1, 0.15) is 5.82 Å². The van der Waals surface area contributed by atoms with E-state index in [9.17, 15) is 9.18 Å². The van der Waals surface area contributed by atoms with Crippen molar-refractivity contribution < 1.29 is 9.18 Å². The van der Waals surface area contributed by atoms with Crippen molar-refractivity contribution in [3.8, 4) is 0 Å². The Balaban J connectivity index is 1.54. The van der Waals surface area contributed by atoms with Gasteiger partial charge in [-0.2, -0.15) is 16.4 Å². The second-order valence-corrected chi connectivity index (χ2v) is 6.03. The Bertz CT molecular complexity index is 722. The zero-order valence-electron chi connectivity index (χ0n) is 12.9. The number of halogens is 1. The van der Waals surface area contributed by atoms with Crippen molar-refractivity contribution in [3.63, 3.8) is 0 Å². The Morgan fingerprint density at radius 2 is 2.08 bits per heavy atom. The number of benzene rings is 1. The number of hydrogen-bond donors (Lipinski definition) is 2. The van der Waals surface area contributed by atoms with Gasteiger partial charge in [-0.3, -0.25) is 4.68 Å². The van der Waals surface area contributed by atoms with Gasteiger partial charge in [0.15, 0.2) is 0 Å². The summed E-state index contributed by atoms with van der Waals surface area (Å²) in [5.74, 6) is -0.291. The molecule has 2 aromatic heterocycles. The molecule has 0 saturated carbocycles. The minimum absolute atomic E-state index is 0.0529. The number of nitrogens with one attached hydrogen (secondary N) is 2. The number of hydrogen-bond acceptors (Lipinski definition) is 3. The lowest BCUT2D eigenvalue weighted by atomic mass is 10.1. The molecule has 0 aliphatic rings. The van der Waals surface area contributed by atoms with E-state index in [0.717, 1.165) is 11.1 Å². The molecule has 7 heteroatoms. The third kappa shape index (κ3) is 4.20. The molecule has 3 aromatic rings. The van der Waals surface area contributed by atoms with Crippen LogP contribution in [0.3, 0.4) is 0 Å². The summed E-state index contributed by atoms with van der Waals surface area (Å²) >= 11 is 1.61. The van der Waals surface area contributed by atoms with Crippen LogP contribution < -0.4 is 10.6 Å². The lowest BCUT2D eigenvalue weighted by Gasteiger charge is -2.17. The van der Waals surface area contributed by atoms with Crippen molar-refractivity contribution in [1.82, 2.24) is 20.4 Å². The molecule has 2 amide bonds. The van der Waals surface area contributed by atoms with Crippen molar-refractivity contribution in [2.75, 3.05) is 6.54 Å². The van der Waals surface area contributed by atoms with Gasteiger partial charge in [-0.15, -0.1) is 0 Å². The molecule has 2 heterocycles. The van der Waals surface area contributed by atoms with Crippen molar-refractivity contribution in [1.29, 1.82) is 0 Å². The third-order valence-electron chi connectivity index (χ3n) is 3.59. The van der Waals surface area contributed by atoms with E-state index in [2.05, 4.69) is 15.7 Å². The van der Waals surface area contributed by atoms with Crippen molar-refractivity contribution in [2.24, 2.45) is 0 Å². The van der Waals surface area contributed by atoms with Crippen LogP contribution in [0, 0.1) is 5.82 Å². The summed E-state index contributed by atoms with van der Waals surface area (Å²) in [5, 5.41) is 13.9. The molecule has 5 nitrogen and oxygen atoms in total. The first kappa shape index (κ1) is 16.2. The lowest BCUT2D eigenvalue weighted by Crippen LogP contribution is -2.38. The van der Waals surface area contributed by atoms with Gasteiger partial charge in [-0.1, -0.05) is 12.1 Å². The fourth-order valence-electron chi connectivity index (χ4n) is 2.33. The van der Waals surface area contributed by atoms with Gasteiger partial charge in [0, 0.05) is 25.5 Å². The summed E-state index contributed by atoms with van der Waals surface area (Å²) in [6, 6.07) is 9.59. The summed E-state index contributed by atoms with van der Waals surface area (Å²) in [6.07, 6.45) is 3.59. The normalized spacial score (nSPS) is 11.9. The first-order valence-corrected chi connectivity index (χ1v) is 8.44. The fraction of sp³-hybridized carbons (Fsp3) is 0.176. The standard InChI is InChI=1S/C17H17FN4OS/c18-15-4-2-13(3-5-15)10-19-17(23)20-11-16(14-6-9-24-12-14)22-8-1-7-21-22/h1-9,12,16H,10-11H2,(H2,19,20,23)/t16-/m1/s1. The highest BCUT2D eigenvalue weighted by Gasteiger charge is 2.15. The Morgan fingerprint density at radius 1 is 1.25 bits per heavy atom. The summed E-state index contributed by atoms with van der Waals surface area (Å²) in [6.45, 7) is 0.769. The molecule has 0 fully saturated rings. The smallest absolute Gasteiger partial charge is 0.315 e. The number of carbonyl (C=O) groups excluding carboxylic acids is 1. The maximum absolute atomic E-state index is 12.9. The maximum atomic E-state index is 12.9. The summed E-state index contributed by atoms with van der Waals surface area (Å²) in [7, 11) is 0. The minimum Gasteiger partial charge on any atom is -0.336 e. The Labute approximate surface area is 143 Å². The zero-order chi connectivity index (χ0) is 16.8. The highest BCUT2D eigenvalue weighted by Crippen LogP contribution is 2.19. The maximum Gasteiger partial charge on any atom is 0.315 e. The monoisotopic (exact) mass is 344 g/mol. The molecule has 2 N–H and O–H groups in total. The molecular weight excluding hydrogens is 327 g/mol. The molecule has 1 atom stereocenters. The quantitative estimate of drug-likeness (QED) is 0.721. The molecule has 0 radical (unpaired) electrons. The second-order valence-electron chi connectivity index (χ2n) is 5.25. The van der Waals surface area contributed by atoms with Crippen LogP contribution in [0.25, 0.3) is 0 Å². The van der Waals surface area contributed by atoms with Crippen LogP contribution >= 0.6 is 11.3 Å². The SMILES string of the molecule is O=C(NCc1ccc(F)cc1)NC[C@H](c1ccsc1)n1cccn1. The Hall–Kier alpha value is -2.67. The van der Waals surface area contributed by atoms with Gasteiger partial charge in [0.25, 0.3) is 0 Å². The topological polar surface area (TPSA) is 59.0 Å². The summed E-state index contributed by atoms with van der Waals surface area (Å²) in [4.78, 5) is 12.0. The molecule has 0 spiro atoms. The highest BCUT2D eigenvalue weighted by atomic mass is 32.1. The van der Waals surface area contributed by atoms with Crippen molar-refractivity contribution in [2.45, 2.75) is 12.6 Å². The number of thiophene rings is 1. The fourth-order valence-corrected chi connectivity index (χ4v) is 3.04. The molecule has 124 valence electrons. The predicted octanol–water partition coefficient (Wildman–Crippen LogP) is 3.17. The van der Waals surface area contributed by atoms with Gasteiger partial charge >= 0.3 is 6.03 Å². The molecule has 0 bridgehead atoms. The number of amides is 2. The number of carbonyl (C=O) groups is 1. The largest absolute Gasteiger partial charge is 0.336 e. The number of urea groups is 1. The van der Waals surface area contributed by atoms with E-state index >= 15 is 0 Å². The number of aromatic nitrogens is 2. The Morgan fingerprint density at radius 3 is 2.75 bits per heavy atom. The van der Waals surface area contributed by atoms with Gasteiger partial charge in [0.2, 0.25) is 0 Å². The average Bonchev–Trinajstić information content (AvgIpc) is 3.29. The zero-order valence-corrected chi connectivity index (χ0v) is 13.7. The van der Waals surface area contributed by atoms with Crippen LogP contribution in [0.5, 0.6) is 0 Å². The van der Waals surface area contributed by atoms with Crippen LogP contribution in [0.2, 0.25) is 0 Å². The van der Waals surface area contributed by atoms with Gasteiger partial charge in [-0.05, 0) is 46.2 Å². The first-order chi connectivity index (χ1) is 11.7. The summed E-state index contributed by atoms with van der Waals surface area (Å²) in [5.41, 5.74) is 1.94. The van der Waals surface area contributed by atoms with Crippen LogP contribution in [0.4, 0.5) is 9.18 Å². The van der Waals surface area contributed by atoms with Gasteiger partial charge < -0.3 is 10.6 Å². The van der Waals surface area contributed by atoms with Gasteiger partial charge in [0.05, 0.1) is 6.04 Å². The van der Waals surface area contributed by atoms with Crippen LogP contribution in [0.15, 0.2) is 59.6 Å². The molecule has 1 aromatic carbocycles. The van der Waals surface area contributed by atoms with E-state index in [1.165, 1.54) is 12.1 Å². The lowest BCUT2D eigenvalue weighted by molar-refractivity contribution is 0.239. The van der Waals surface area contributed by atoms with E-state index in [0.29, 0.717) is 13.1 Å². The molecular formula is C17H17FN4OS. The van der Waals surface area contributed by atoms with E-state index < -0.39 is 0 Å². The van der Waals surface area contributed by atoms with E-state index in [1.807, 2.05) is 33.8 Å². The number of nitrogens with zero attached hydrogens (tertiary/aromatic N) is 2. The molecule has 0 aliphatic heterocycles. The predicted molar refractivity (Wildman–Crippen MR) is 91.3 cm³/mol. The van der Waals surface area contributed by atoms with Crippen molar-refractivity contribution in [3.05, 3.63) is 76.5 Å². The molecule has 3 rings (SSSR count). The third-order valence-corrected chi connectivity index (χ3v) is 4.30. The molecule has 0 aliphatic carbocycles. The molecule has 0 unspecified atom stereocenters. The van der Waals surface area contributed by atoms with E-state index in [-0.39, 0.29) is 17.9 Å². The minimum atomic E-state index is -0.291.